The lowest BCUT2D eigenvalue weighted by Gasteiger charge is -2.11. The molecule has 3 nitrogen and oxygen atoms in total. The molecule has 0 spiro atoms. The molecule has 0 fully saturated rings. The van der Waals surface area contributed by atoms with Crippen molar-refractivity contribution in [3.05, 3.63) is 66.1 Å². The van der Waals surface area contributed by atoms with Crippen molar-refractivity contribution in [2.45, 2.75) is 24.3 Å². The first-order valence-corrected chi connectivity index (χ1v) is 10.3. The standard InChI is InChI=1S/C19H15ClFNO2S/c20-25(23,24)17-9-5-13(6-10-17)18-12-16-2-1-11-22(16)19(18)14-3-7-15(21)8-4-14/h3-10,12H,1-2,11H2. The number of fused-ring (bicyclic) bond motifs is 1. The minimum atomic E-state index is -3.74. The Morgan fingerprint density at radius 1 is 0.960 bits per heavy atom. The van der Waals surface area contributed by atoms with Crippen molar-refractivity contribution in [2.24, 2.45) is 0 Å². The fourth-order valence-electron chi connectivity index (χ4n) is 3.42. The molecule has 1 aliphatic rings. The van der Waals surface area contributed by atoms with Gasteiger partial charge in [-0.15, -0.1) is 0 Å². The molecule has 0 aliphatic carbocycles. The lowest BCUT2D eigenvalue weighted by molar-refractivity contribution is 0.609. The van der Waals surface area contributed by atoms with Gasteiger partial charge in [0.15, 0.2) is 0 Å². The van der Waals surface area contributed by atoms with E-state index < -0.39 is 9.05 Å². The Morgan fingerprint density at radius 2 is 1.60 bits per heavy atom. The molecule has 2 aromatic carbocycles. The predicted octanol–water partition coefficient (Wildman–Crippen LogP) is 4.83. The summed E-state index contributed by atoms with van der Waals surface area (Å²) in [6, 6.07) is 15.1. The summed E-state index contributed by atoms with van der Waals surface area (Å²) in [6.07, 6.45) is 2.09. The largest absolute Gasteiger partial charge is 0.344 e. The molecular formula is C19H15ClFNO2S. The molecule has 6 heteroatoms. The van der Waals surface area contributed by atoms with Gasteiger partial charge in [0.25, 0.3) is 9.05 Å². The van der Waals surface area contributed by atoms with Crippen LogP contribution in [0.5, 0.6) is 0 Å². The molecule has 0 atom stereocenters. The first-order chi connectivity index (χ1) is 11.9. The molecule has 4 rings (SSSR count). The SMILES string of the molecule is O=S(=O)(Cl)c1ccc(-c2cc3n(c2-c2ccc(F)cc2)CCC3)cc1. The first kappa shape index (κ1) is 16.4. The molecule has 0 saturated carbocycles. The summed E-state index contributed by atoms with van der Waals surface area (Å²) in [5.41, 5.74) is 5.14. The fourth-order valence-corrected chi connectivity index (χ4v) is 4.19. The van der Waals surface area contributed by atoms with E-state index >= 15 is 0 Å². The van der Waals surface area contributed by atoms with E-state index in [-0.39, 0.29) is 10.7 Å². The number of rotatable bonds is 3. The maximum Gasteiger partial charge on any atom is 0.261 e. The van der Waals surface area contributed by atoms with E-state index in [1.165, 1.54) is 30.0 Å². The Hall–Kier alpha value is -2.11. The highest BCUT2D eigenvalue weighted by molar-refractivity contribution is 8.13. The van der Waals surface area contributed by atoms with E-state index in [2.05, 4.69) is 10.6 Å². The van der Waals surface area contributed by atoms with Crippen LogP contribution in [0.4, 0.5) is 4.39 Å². The number of hydrogen-bond acceptors (Lipinski definition) is 2. The van der Waals surface area contributed by atoms with Crippen LogP contribution in [0.2, 0.25) is 0 Å². The molecule has 0 unspecified atom stereocenters. The topological polar surface area (TPSA) is 39.1 Å². The summed E-state index contributed by atoms with van der Waals surface area (Å²) >= 11 is 0. The third-order valence-corrected chi connectivity index (χ3v) is 5.93. The van der Waals surface area contributed by atoms with E-state index in [1.54, 1.807) is 24.3 Å². The predicted molar refractivity (Wildman–Crippen MR) is 96.6 cm³/mol. The van der Waals surface area contributed by atoms with E-state index in [9.17, 15) is 12.8 Å². The van der Waals surface area contributed by atoms with Crippen molar-refractivity contribution in [3.8, 4) is 22.4 Å². The third kappa shape index (κ3) is 2.98. The summed E-state index contributed by atoms with van der Waals surface area (Å²) in [4.78, 5) is 0.0769. The highest BCUT2D eigenvalue weighted by Crippen LogP contribution is 2.38. The molecular weight excluding hydrogens is 361 g/mol. The van der Waals surface area contributed by atoms with Gasteiger partial charge in [0.2, 0.25) is 0 Å². The second-order valence-corrected chi connectivity index (χ2v) is 8.69. The molecule has 0 bridgehead atoms. The summed E-state index contributed by atoms with van der Waals surface area (Å²) in [5, 5.41) is 0. The Morgan fingerprint density at radius 3 is 2.24 bits per heavy atom. The van der Waals surface area contributed by atoms with Gasteiger partial charge in [-0.1, -0.05) is 12.1 Å². The van der Waals surface area contributed by atoms with Gasteiger partial charge in [-0.3, -0.25) is 0 Å². The monoisotopic (exact) mass is 375 g/mol. The third-order valence-electron chi connectivity index (χ3n) is 4.56. The minimum Gasteiger partial charge on any atom is -0.344 e. The number of nitrogens with zero attached hydrogens (tertiary/aromatic N) is 1. The maximum atomic E-state index is 13.3. The van der Waals surface area contributed by atoms with Gasteiger partial charge in [-0.25, -0.2) is 12.8 Å². The number of benzene rings is 2. The zero-order chi connectivity index (χ0) is 17.6. The number of aryl methyl sites for hydroxylation is 1. The quantitative estimate of drug-likeness (QED) is 0.615. The van der Waals surface area contributed by atoms with E-state index in [0.717, 1.165) is 41.8 Å². The lowest BCUT2D eigenvalue weighted by Crippen LogP contribution is -1.96. The zero-order valence-electron chi connectivity index (χ0n) is 13.2. The van der Waals surface area contributed by atoms with Crippen LogP contribution >= 0.6 is 10.7 Å². The second kappa shape index (κ2) is 6.00. The highest BCUT2D eigenvalue weighted by atomic mass is 35.7. The Kier molecular flexibility index (Phi) is 3.93. The van der Waals surface area contributed by atoms with Crippen LogP contribution in [-0.2, 0) is 22.0 Å². The molecule has 0 saturated heterocycles. The smallest absolute Gasteiger partial charge is 0.261 e. The van der Waals surface area contributed by atoms with E-state index in [0.29, 0.717) is 0 Å². The van der Waals surface area contributed by atoms with Gasteiger partial charge in [-0.2, -0.15) is 0 Å². The summed E-state index contributed by atoms with van der Waals surface area (Å²) in [5.74, 6) is -0.268. The lowest BCUT2D eigenvalue weighted by atomic mass is 10.0. The Labute approximate surface area is 150 Å². The van der Waals surface area contributed by atoms with Gasteiger partial charge in [0.1, 0.15) is 5.82 Å². The summed E-state index contributed by atoms with van der Waals surface area (Å²) in [7, 11) is 1.65. The van der Waals surface area contributed by atoms with Crippen LogP contribution in [0.1, 0.15) is 12.1 Å². The van der Waals surface area contributed by atoms with Crippen molar-refractivity contribution in [1.29, 1.82) is 0 Å². The molecule has 0 radical (unpaired) electrons. The van der Waals surface area contributed by atoms with Crippen molar-refractivity contribution in [1.82, 2.24) is 4.57 Å². The van der Waals surface area contributed by atoms with Crippen molar-refractivity contribution >= 4 is 19.7 Å². The minimum absolute atomic E-state index is 0.0769. The summed E-state index contributed by atoms with van der Waals surface area (Å²) in [6.45, 7) is 0.927. The van der Waals surface area contributed by atoms with Crippen molar-refractivity contribution < 1.29 is 12.8 Å². The first-order valence-electron chi connectivity index (χ1n) is 7.97. The van der Waals surface area contributed by atoms with Gasteiger partial charge in [0.05, 0.1) is 10.6 Å². The van der Waals surface area contributed by atoms with Gasteiger partial charge < -0.3 is 4.57 Å². The fraction of sp³-hybridized carbons (Fsp3) is 0.158. The normalized spacial score (nSPS) is 13.8. The molecule has 0 amide bonds. The molecule has 128 valence electrons. The van der Waals surface area contributed by atoms with Crippen LogP contribution in [0.25, 0.3) is 22.4 Å². The highest BCUT2D eigenvalue weighted by Gasteiger charge is 2.21. The van der Waals surface area contributed by atoms with Gasteiger partial charge >= 0.3 is 0 Å². The Bertz CT molecular complexity index is 1040. The number of aromatic nitrogens is 1. The second-order valence-electron chi connectivity index (χ2n) is 6.12. The van der Waals surface area contributed by atoms with Crippen LogP contribution in [-0.4, -0.2) is 13.0 Å². The summed E-state index contributed by atoms with van der Waals surface area (Å²) < 4.78 is 38.4. The average Bonchev–Trinajstić information content (AvgIpc) is 3.16. The van der Waals surface area contributed by atoms with Crippen molar-refractivity contribution in [2.75, 3.05) is 0 Å². The van der Waals surface area contributed by atoms with Crippen LogP contribution in [0.15, 0.2) is 59.5 Å². The van der Waals surface area contributed by atoms with Crippen LogP contribution in [0.3, 0.4) is 0 Å². The molecule has 1 aromatic heterocycles. The van der Waals surface area contributed by atoms with Crippen LogP contribution < -0.4 is 0 Å². The average molecular weight is 376 g/mol. The molecule has 3 aromatic rings. The number of halogens is 2. The van der Waals surface area contributed by atoms with Crippen LogP contribution in [0, 0.1) is 5.82 Å². The number of hydrogen-bond donors (Lipinski definition) is 0. The van der Waals surface area contributed by atoms with Gasteiger partial charge in [-0.05, 0) is 66.4 Å². The maximum absolute atomic E-state index is 13.3. The van der Waals surface area contributed by atoms with Crippen molar-refractivity contribution in [3.63, 3.8) is 0 Å². The van der Waals surface area contributed by atoms with E-state index in [4.69, 9.17) is 10.7 Å². The molecule has 1 aliphatic heterocycles. The zero-order valence-corrected chi connectivity index (χ0v) is 14.8. The van der Waals surface area contributed by atoms with Gasteiger partial charge in [0, 0.05) is 28.5 Å². The van der Waals surface area contributed by atoms with E-state index in [1.807, 2.05) is 0 Å². The molecule has 0 N–H and O–H groups in total. The Balaban J connectivity index is 1.87. The molecule has 25 heavy (non-hydrogen) atoms. The molecule has 2 heterocycles.